The molecule has 16 heteroatoms. The Hall–Kier alpha value is -4.99. The summed E-state index contributed by atoms with van der Waals surface area (Å²) in [5.41, 5.74) is -2.32. The number of hydrogen-bond acceptors (Lipinski definition) is 8. The lowest BCUT2D eigenvalue weighted by molar-refractivity contribution is 0.0517. The summed E-state index contributed by atoms with van der Waals surface area (Å²) < 4.78 is 92.1. The first-order valence-electron chi connectivity index (χ1n) is 13.4. The van der Waals surface area contributed by atoms with E-state index in [-0.39, 0.29) is 42.6 Å². The van der Waals surface area contributed by atoms with E-state index in [4.69, 9.17) is 4.74 Å². The second-order valence-electron chi connectivity index (χ2n) is 10.6. The van der Waals surface area contributed by atoms with Gasteiger partial charge in [-0.05, 0) is 30.7 Å². The van der Waals surface area contributed by atoms with Crippen molar-refractivity contribution in [1.29, 1.82) is 0 Å². The van der Waals surface area contributed by atoms with Crippen LogP contribution in [0.1, 0.15) is 18.9 Å². The second-order valence-corrected chi connectivity index (χ2v) is 12.3. The van der Waals surface area contributed by atoms with Gasteiger partial charge in [-0.3, -0.25) is 4.72 Å². The van der Waals surface area contributed by atoms with Crippen LogP contribution in [0.4, 0.5) is 34.0 Å². The van der Waals surface area contributed by atoms with Crippen molar-refractivity contribution in [1.82, 2.24) is 19.9 Å². The predicted octanol–water partition coefficient (Wildman–Crippen LogP) is 5.58. The van der Waals surface area contributed by atoms with Gasteiger partial charge < -0.3 is 20.1 Å². The van der Waals surface area contributed by atoms with Crippen molar-refractivity contribution < 1.29 is 40.6 Å². The van der Waals surface area contributed by atoms with Gasteiger partial charge in [-0.15, -0.1) is 0 Å². The number of pyridine rings is 1. The van der Waals surface area contributed by atoms with Crippen LogP contribution in [-0.4, -0.2) is 64.3 Å². The third kappa shape index (κ3) is 7.57. The van der Waals surface area contributed by atoms with Crippen molar-refractivity contribution in [3.05, 3.63) is 90.0 Å². The zero-order valence-electron chi connectivity index (χ0n) is 23.5. The number of ether oxygens (including phenoxy) is 1. The first-order chi connectivity index (χ1) is 21.3. The number of carboxylic acid groups (broad SMARTS) is 1. The highest BCUT2D eigenvalue weighted by Gasteiger charge is 2.38. The van der Waals surface area contributed by atoms with Crippen molar-refractivity contribution in [3.63, 3.8) is 0 Å². The molecule has 1 fully saturated rings. The number of aromatic nitrogens is 3. The zero-order chi connectivity index (χ0) is 32.4. The van der Waals surface area contributed by atoms with Crippen molar-refractivity contribution >= 4 is 27.8 Å². The van der Waals surface area contributed by atoms with Crippen molar-refractivity contribution in [3.8, 4) is 22.9 Å². The molecule has 2 aromatic heterocycles. The summed E-state index contributed by atoms with van der Waals surface area (Å²) in [4.78, 5) is 24.9. The Bertz CT molecular complexity index is 1830. The molecular formula is C29H26F4N6O5S. The number of alkyl halides is 1. The lowest BCUT2D eigenvalue weighted by Gasteiger charge is -2.38. The normalized spacial score (nSPS) is 18.3. The SMILES string of the molecule is C[C@]1(F)C[C@H](Nc2nccc(-c3cccnc3Oc3cc(F)c(NS(=O)(=O)Cc4ccccc4)c(F)c3F)n2)CN(C(=O)O)C1. The number of nitrogens with zero attached hydrogens (tertiary/aromatic N) is 4. The fourth-order valence-corrected chi connectivity index (χ4v) is 6.07. The van der Waals surface area contributed by atoms with Crippen LogP contribution >= 0.6 is 0 Å². The first-order valence-corrected chi connectivity index (χ1v) is 15.1. The number of anilines is 2. The highest BCUT2D eigenvalue weighted by molar-refractivity contribution is 7.91. The van der Waals surface area contributed by atoms with Crippen LogP contribution in [0.3, 0.4) is 0 Å². The summed E-state index contributed by atoms with van der Waals surface area (Å²) in [5, 5.41) is 12.3. The number of benzene rings is 2. The maximum absolute atomic E-state index is 15.1. The lowest BCUT2D eigenvalue weighted by atomic mass is 9.93. The molecular weight excluding hydrogens is 620 g/mol. The molecule has 236 valence electrons. The van der Waals surface area contributed by atoms with Crippen LogP contribution < -0.4 is 14.8 Å². The number of hydrogen-bond donors (Lipinski definition) is 3. The number of piperidine rings is 1. The average molecular weight is 647 g/mol. The molecule has 0 radical (unpaired) electrons. The Morgan fingerprint density at radius 3 is 2.58 bits per heavy atom. The summed E-state index contributed by atoms with van der Waals surface area (Å²) >= 11 is 0. The van der Waals surface area contributed by atoms with Crippen LogP contribution in [0.5, 0.6) is 11.6 Å². The van der Waals surface area contributed by atoms with Gasteiger partial charge in [0.1, 0.15) is 11.4 Å². The quantitative estimate of drug-likeness (QED) is 0.157. The van der Waals surface area contributed by atoms with Gasteiger partial charge in [0.2, 0.25) is 27.7 Å². The minimum atomic E-state index is -4.32. The molecule has 11 nitrogen and oxygen atoms in total. The summed E-state index contributed by atoms with van der Waals surface area (Å²) in [5.74, 6) is -6.74. The Morgan fingerprint density at radius 2 is 1.84 bits per heavy atom. The molecule has 1 amide bonds. The predicted molar refractivity (Wildman–Crippen MR) is 155 cm³/mol. The maximum atomic E-state index is 15.1. The summed E-state index contributed by atoms with van der Waals surface area (Å²) in [6.07, 6.45) is 1.35. The Balaban J connectivity index is 1.37. The molecule has 0 aliphatic carbocycles. The van der Waals surface area contributed by atoms with E-state index >= 15 is 4.39 Å². The standard InChI is InChI=1S/C29H26F4N6O5S/c1-29(33)13-18(14-39(16-29)28(40)41)36-27-35-11-9-21(37-27)19-8-5-10-34-26(19)44-22-12-20(30)25(24(32)23(22)31)38-45(42,43)15-17-6-3-2-4-7-17/h2-12,18,38H,13-16H2,1H3,(H,40,41)(H,35,36,37)/t18-,29-/m0/s1. The molecule has 2 aromatic carbocycles. The molecule has 3 heterocycles. The molecule has 45 heavy (non-hydrogen) atoms. The number of amides is 1. The van der Waals surface area contributed by atoms with Crippen LogP contribution in [0.2, 0.25) is 0 Å². The lowest BCUT2D eigenvalue weighted by Crippen LogP contribution is -2.54. The second kappa shape index (κ2) is 12.6. The number of nitrogens with one attached hydrogen (secondary N) is 2. The highest BCUT2D eigenvalue weighted by Crippen LogP contribution is 2.36. The monoisotopic (exact) mass is 646 g/mol. The zero-order valence-corrected chi connectivity index (χ0v) is 24.4. The molecule has 1 aliphatic heterocycles. The fraction of sp³-hybridized carbons (Fsp3) is 0.241. The molecule has 4 aromatic rings. The number of rotatable bonds is 9. The Labute approximate surface area is 255 Å². The molecule has 1 aliphatic rings. The van der Waals surface area contributed by atoms with Gasteiger partial charge >= 0.3 is 6.09 Å². The van der Waals surface area contributed by atoms with E-state index in [1.165, 1.54) is 49.6 Å². The van der Waals surface area contributed by atoms with Gasteiger partial charge in [-0.25, -0.2) is 41.3 Å². The van der Waals surface area contributed by atoms with Crippen LogP contribution in [0, 0.1) is 17.5 Å². The third-order valence-corrected chi connectivity index (χ3v) is 7.96. The number of likely N-dealkylation sites (tertiary alicyclic amines) is 1. The van der Waals surface area contributed by atoms with Crippen LogP contribution in [0.25, 0.3) is 11.3 Å². The van der Waals surface area contributed by atoms with Crippen LogP contribution in [-0.2, 0) is 15.8 Å². The molecule has 0 saturated carbocycles. The topological polar surface area (TPSA) is 147 Å². The Morgan fingerprint density at radius 1 is 1.09 bits per heavy atom. The fourth-order valence-electron chi connectivity index (χ4n) is 4.87. The highest BCUT2D eigenvalue weighted by atomic mass is 32.2. The van der Waals surface area contributed by atoms with E-state index in [1.54, 1.807) is 22.9 Å². The molecule has 2 atom stereocenters. The van der Waals surface area contributed by atoms with E-state index in [9.17, 15) is 31.5 Å². The average Bonchev–Trinajstić information content (AvgIpc) is 2.98. The molecule has 0 unspecified atom stereocenters. The smallest absolute Gasteiger partial charge is 0.407 e. The first kappa shape index (κ1) is 31.4. The summed E-state index contributed by atoms with van der Waals surface area (Å²) in [6, 6.07) is 12.1. The largest absolute Gasteiger partial charge is 0.465 e. The summed E-state index contributed by atoms with van der Waals surface area (Å²) in [7, 11) is -4.32. The number of carbonyl (C=O) groups is 1. The number of halogens is 4. The van der Waals surface area contributed by atoms with Crippen molar-refractivity contribution in [2.45, 2.75) is 30.8 Å². The minimum absolute atomic E-state index is 0.0135. The van der Waals surface area contributed by atoms with E-state index in [2.05, 4.69) is 20.3 Å². The maximum Gasteiger partial charge on any atom is 0.407 e. The van der Waals surface area contributed by atoms with Crippen LogP contribution in [0.15, 0.2) is 67.0 Å². The van der Waals surface area contributed by atoms with Gasteiger partial charge in [0.05, 0.1) is 23.6 Å². The van der Waals surface area contributed by atoms with E-state index < -0.39 is 62.5 Å². The van der Waals surface area contributed by atoms with Gasteiger partial charge in [0.15, 0.2) is 17.4 Å². The van der Waals surface area contributed by atoms with Gasteiger partial charge in [-0.2, -0.15) is 4.39 Å². The third-order valence-electron chi connectivity index (χ3n) is 6.73. The molecule has 0 spiro atoms. The summed E-state index contributed by atoms with van der Waals surface area (Å²) in [6.45, 7) is 0.999. The van der Waals surface area contributed by atoms with Crippen molar-refractivity contribution in [2.24, 2.45) is 0 Å². The van der Waals surface area contributed by atoms with Crippen molar-refractivity contribution in [2.75, 3.05) is 23.1 Å². The van der Waals surface area contributed by atoms with E-state index in [0.717, 1.165) is 4.90 Å². The Kier molecular flexibility index (Phi) is 8.77. The van der Waals surface area contributed by atoms with Gasteiger partial charge in [-0.1, -0.05) is 30.3 Å². The van der Waals surface area contributed by atoms with Gasteiger partial charge in [0, 0.05) is 37.5 Å². The van der Waals surface area contributed by atoms with E-state index in [0.29, 0.717) is 11.6 Å². The number of sulfonamides is 1. The molecule has 1 saturated heterocycles. The molecule has 0 bridgehead atoms. The van der Waals surface area contributed by atoms with Gasteiger partial charge in [0.25, 0.3) is 0 Å². The molecule has 3 N–H and O–H groups in total. The van der Waals surface area contributed by atoms with E-state index in [1.807, 2.05) is 0 Å². The minimum Gasteiger partial charge on any atom is -0.465 e. The molecule has 5 rings (SSSR count).